The molecule has 0 aliphatic carbocycles. The molecule has 39 nitrogen and oxygen atoms in total. The zero-order valence-corrected chi connectivity index (χ0v) is 46.0. The highest BCUT2D eigenvalue weighted by molar-refractivity contribution is 7.89. The van der Waals surface area contributed by atoms with Crippen molar-refractivity contribution in [2.24, 2.45) is 13.0 Å². The number of phosphoric ester groups is 3. The Bertz CT molecular complexity index is 3590. The number of nitrogen functional groups attached to an aromatic ring is 2. The lowest BCUT2D eigenvalue weighted by atomic mass is 9.98. The first-order valence-corrected chi connectivity index (χ1v) is 30.9. The zero-order valence-electron chi connectivity index (χ0n) is 41.6. The van der Waals surface area contributed by atoms with E-state index in [-0.39, 0.29) is 46.3 Å². The van der Waals surface area contributed by atoms with E-state index < -0.39 is 158 Å². The summed E-state index contributed by atoms with van der Waals surface area (Å²) in [4.78, 5) is 99.9. The fraction of sp³-hybridized carbons (Fsp3) is 0.611. The minimum atomic E-state index is -6.28. The number of phosphoric acid groups is 4. The van der Waals surface area contributed by atoms with Gasteiger partial charge in [0.15, 0.2) is 30.2 Å². The van der Waals surface area contributed by atoms with Gasteiger partial charge in [-0.1, -0.05) is 18.3 Å². The maximum atomic E-state index is 13.6. The third kappa shape index (κ3) is 13.7. The van der Waals surface area contributed by atoms with Gasteiger partial charge in [0.25, 0.3) is 17.1 Å². The van der Waals surface area contributed by atoms with Gasteiger partial charge in [-0.2, -0.15) is 8.62 Å². The first-order valence-electron chi connectivity index (χ1n) is 23.3. The van der Waals surface area contributed by atoms with Crippen LogP contribution in [0.4, 0.5) is 11.8 Å². The molecule has 3 fully saturated rings. The molecule has 3 aliphatic heterocycles. The summed E-state index contributed by atoms with van der Waals surface area (Å²) in [5.74, 6) is -2.09. The summed E-state index contributed by atoms with van der Waals surface area (Å²) in [5, 5.41) is 32.8. The average molecular weight is 1240 g/mol. The number of hydrogen-bond donors (Lipinski definition) is 12. The van der Waals surface area contributed by atoms with Crippen molar-refractivity contribution < 1.29 is 112 Å². The van der Waals surface area contributed by atoms with E-state index in [1.165, 1.54) is 27.1 Å². The monoisotopic (exact) mass is 1240 g/mol. The summed E-state index contributed by atoms with van der Waals surface area (Å²) < 4.78 is 137. The van der Waals surface area contributed by atoms with Crippen molar-refractivity contribution >= 4 is 75.4 Å². The third-order valence-electron chi connectivity index (χ3n) is 12.4. The van der Waals surface area contributed by atoms with Crippen LogP contribution in [0.15, 0.2) is 45.6 Å². The van der Waals surface area contributed by atoms with Gasteiger partial charge in [0.2, 0.25) is 21.8 Å². The summed E-state index contributed by atoms with van der Waals surface area (Å²) in [6, 6.07) is 0.917. The molecule has 5 aromatic rings. The molecule has 0 spiro atoms. The van der Waals surface area contributed by atoms with Crippen molar-refractivity contribution in [2.45, 2.75) is 87.3 Å². The van der Waals surface area contributed by atoms with Crippen molar-refractivity contribution in [1.82, 2.24) is 48.3 Å². The molecule has 80 heavy (non-hydrogen) atoms. The summed E-state index contributed by atoms with van der Waals surface area (Å²) in [7, 11) is -25.2. The van der Waals surface area contributed by atoms with Crippen molar-refractivity contribution in [1.29, 1.82) is 0 Å². The standard InChI is InChI=1S/C36H53N13O26P4S/c1-4-5-8-80(64,65)42-9-16-17(70-32(23(16)51)49-15-46(2)22-30(49)44-35(38)45-31(22)54)10-68-77(58,59)74-79(62,63)75-78(60,61)69-12-19-26(27(66-3)34(72-19)48-14-41-21-28(37)39-13-40-29(21)48)73-76(56,57)67-11-18-24(52)25(53)33(71-18)47-7-6-20(50)43-36(47)55/h6-7,13-19,23-27,32-34,42,51-53H,4-5,8-12H2,1-3H3,(H9-,37,38,39,40,43,44,45,50,54,55,56,57,58,59,60,61,62,63)/p+1/t16-,17-,18-,19-,23-,24-,25-,26-,27-,32-,33-,34-/m1/s1. The van der Waals surface area contributed by atoms with Crippen LogP contribution in [0.1, 0.15) is 38.4 Å². The van der Waals surface area contributed by atoms with Crippen LogP contribution in [0.2, 0.25) is 0 Å². The van der Waals surface area contributed by atoms with E-state index >= 15 is 0 Å². The molecule has 5 aromatic heterocycles. The number of nitrogens with zero attached hydrogens (tertiary/aromatic N) is 8. The van der Waals surface area contributed by atoms with Gasteiger partial charge in [-0.3, -0.25) is 51.4 Å². The number of anilines is 2. The Hall–Kier alpha value is -4.67. The highest BCUT2D eigenvalue weighted by atomic mass is 32.2. The number of ether oxygens (including phenoxy) is 4. The lowest BCUT2D eigenvalue weighted by Crippen LogP contribution is -2.46. The molecule has 16 atom stereocenters. The molecule has 3 aliphatic rings. The van der Waals surface area contributed by atoms with Gasteiger partial charge in [-0.05, 0) is 6.42 Å². The second-order valence-electron chi connectivity index (χ2n) is 17.9. The van der Waals surface area contributed by atoms with E-state index in [2.05, 4.69) is 38.3 Å². The van der Waals surface area contributed by atoms with Crippen LogP contribution in [0.5, 0.6) is 0 Å². The minimum Gasteiger partial charge on any atom is -0.387 e. The lowest BCUT2D eigenvalue weighted by molar-refractivity contribution is -0.745. The number of methoxy groups -OCH3 is 1. The van der Waals surface area contributed by atoms with E-state index in [0.29, 0.717) is 6.42 Å². The first-order chi connectivity index (χ1) is 37.4. The molecule has 8 heterocycles. The Labute approximate surface area is 447 Å². The summed E-state index contributed by atoms with van der Waals surface area (Å²) >= 11 is 0. The number of fused-ring (bicyclic) bond motifs is 2. The van der Waals surface area contributed by atoms with Crippen molar-refractivity contribution in [3.63, 3.8) is 0 Å². The lowest BCUT2D eigenvalue weighted by Gasteiger charge is -2.26. The van der Waals surface area contributed by atoms with Crippen LogP contribution in [0.25, 0.3) is 22.3 Å². The van der Waals surface area contributed by atoms with Crippen molar-refractivity contribution in [2.75, 3.05) is 50.7 Å². The second-order valence-corrected chi connectivity index (χ2v) is 25.9. The maximum absolute atomic E-state index is 13.6. The fourth-order valence-electron chi connectivity index (χ4n) is 8.76. The van der Waals surface area contributed by atoms with Crippen LogP contribution in [0, 0.1) is 5.92 Å². The predicted molar refractivity (Wildman–Crippen MR) is 262 cm³/mol. The van der Waals surface area contributed by atoms with Crippen molar-refractivity contribution in [3.05, 3.63) is 62.4 Å². The minimum absolute atomic E-state index is 0.0111. The zero-order chi connectivity index (χ0) is 58.4. The van der Waals surface area contributed by atoms with Crippen LogP contribution in [-0.2, 0) is 81.0 Å². The summed E-state index contributed by atoms with van der Waals surface area (Å²) in [6.07, 6.45) is -13.5. The Balaban J connectivity index is 0.954. The van der Waals surface area contributed by atoms with E-state index in [9.17, 15) is 76.0 Å². The number of rotatable bonds is 25. The van der Waals surface area contributed by atoms with Gasteiger partial charge in [0.1, 0.15) is 54.6 Å². The molecule has 3 saturated heterocycles. The van der Waals surface area contributed by atoms with Crippen LogP contribution >= 0.6 is 31.3 Å². The predicted octanol–water partition coefficient (Wildman–Crippen LogP) is -3.90. The Morgan fingerprint density at radius 3 is 2.12 bits per heavy atom. The van der Waals surface area contributed by atoms with Crippen LogP contribution in [-0.4, -0.2) is 175 Å². The molecule has 0 saturated carbocycles. The molecule has 0 bridgehead atoms. The molecule has 4 unspecified atom stereocenters. The number of aryl methyl sites for hydroxylation is 1. The SMILES string of the molecule is CCCCS(=O)(=O)NC[C@H]1[C@@H](O)[C@H]([n+]2cn(C)c3c(=O)[nH]c(N)nc32)O[C@@H]1COP(=O)(O)OP(=O)(O)OP(=O)(O)OC[C@H]1O[C@@H](n2cnc3c(N)ncnc32)[C@H](OC)[C@@H]1OP(=O)(O)OC[C@H]1O[C@@H](n2ccc(=O)[nH]c2=O)[C@H](O)[C@@H]1O. The summed E-state index contributed by atoms with van der Waals surface area (Å²) in [5.41, 5.74) is 9.03. The number of aromatic amines is 2. The molecule has 444 valence electrons. The number of unbranched alkanes of at least 4 members (excludes halogenated alkanes) is 1. The Kier molecular flexibility index (Phi) is 18.3. The first kappa shape index (κ1) is 61.4. The molecule has 44 heteroatoms. The number of H-pyrrole nitrogens is 2. The topological polar surface area (TPSA) is 553 Å². The number of hydrogen-bond acceptors (Lipinski definition) is 28. The number of nitrogens with two attached hydrogens (primary N) is 2. The smallest absolute Gasteiger partial charge is 0.387 e. The molecule has 8 rings (SSSR count). The highest BCUT2D eigenvalue weighted by Crippen LogP contribution is 2.68. The average Bonchev–Trinajstić information content (AvgIpc) is 4.33. The summed E-state index contributed by atoms with van der Waals surface area (Å²) in [6.45, 7) is -2.28. The van der Waals surface area contributed by atoms with E-state index in [4.69, 9.17) is 48.5 Å². The molecule has 0 radical (unpaired) electrons. The number of aromatic nitrogens is 10. The third-order valence-corrected chi connectivity index (χ3v) is 19.1. The van der Waals surface area contributed by atoms with Crippen molar-refractivity contribution in [3.8, 4) is 0 Å². The molecule has 14 N–H and O–H groups in total. The number of aliphatic hydroxyl groups excluding tert-OH is 3. The Morgan fingerprint density at radius 1 is 0.812 bits per heavy atom. The van der Waals surface area contributed by atoms with E-state index in [0.717, 1.165) is 36.6 Å². The van der Waals surface area contributed by atoms with E-state index in [1.54, 1.807) is 6.92 Å². The number of nitrogens with one attached hydrogen (secondary N) is 3. The number of sulfonamides is 1. The normalized spacial score (nSPS) is 29.4. The largest absolute Gasteiger partial charge is 0.490 e. The maximum Gasteiger partial charge on any atom is 0.490 e. The fourth-order valence-corrected chi connectivity index (χ4v) is 14.5. The number of imidazole rings is 2. The number of aliphatic hydroxyl groups is 3. The van der Waals surface area contributed by atoms with Gasteiger partial charge in [0, 0.05) is 31.8 Å². The molecular weight excluding hydrogens is 1190 g/mol. The molecule has 0 aromatic carbocycles. The van der Waals surface area contributed by atoms with E-state index in [1.807, 2.05) is 4.98 Å². The van der Waals surface area contributed by atoms with Gasteiger partial charge >= 0.3 is 42.6 Å². The second kappa shape index (κ2) is 23.9. The van der Waals surface area contributed by atoms with Crippen LogP contribution in [0.3, 0.4) is 0 Å². The van der Waals surface area contributed by atoms with Gasteiger partial charge in [-0.25, -0.2) is 55.7 Å². The molecule has 0 amide bonds. The molecular formula is C36H54N13O26P4S+. The van der Waals surface area contributed by atoms with Gasteiger partial charge in [0.05, 0.1) is 45.1 Å². The van der Waals surface area contributed by atoms with Gasteiger partial charge in [-0.15, -0.1) is 0 Å². The van der Waals surface area contributed by atoms with Crippen LogP contribution < -0.4 is 37.6 Å². The quantitative estimate of drug-likeness (QED) is 0.0196. The van der Waals surface area contributed by atoms with Gasteiger partial charge < -0.3 is 65.3 Å². The Morgan fingerprint density at radius 2 is 1.46 bits per heavy atom. The highest BCUT2D eigenvalue weighted by Gasteiger charge is 2.54.